The normalized spacial score (nSPS) is 17.8. The molecular weight excluding hydrogens is 240 g/mol. The van der Waals surface area contributed by atoms with Gasteiger partial charge in [-0.15, -0.1) is 0 Å². The second kappa shape index (κ2) is 4.80. The highest BCUT2D eigenvalue weighted by atomic mass is 16.3. The summed E-state index contributed by atoms with van der Waals surface area (Å²) >= 11 is 0. The van der Waals surface area contributed by atoms with E-state index in [1.54, 1.807) is 12.1 Å². The zero-order valence-corrected chi connectivity index (χ0v) is 10.6. The number of hydrogen-bond acceptors (Lipinski definition) is 3. The predicted octanol–water partition coefficient (Wildman–Crippen LogP) is 2.67. The fraction of sp³-hybridized carbons (Fsp3) is 0.267. The minimum absolute atomic E-state index is 0.0435. The Kier molecular flexibility index (Phi) is 2.99. The van der Waals surface area contributed by atoms with E-state index >= 15 is 0 Å². The van der Waals surface area contributed by atoms with Gasteiger partial charge in [0.25, 0.3) is 5.91 Å². The van der Waals surface area contributed by atoms with Gasteiger partial charge in [-0.2, -0.15) is 0 Å². The Hall–Kier alpha value is -2.23. The number of anilines is 1. The maximum atomic E-state index is 12.0. The van der Waals surface area contributed by atoms with Crippen molar-refractivity contribution in [2.75, 3.05) is 5.73 Å². The van der Waals surface area contributed by atoms with Gasteiger partial charge in [-0.05, 0) is 54.7 Å². The lowest BCUT2D eigenvalue weighted by atomic mass is 9.87. The highest BCUT2D eigenvalue weighted by Crippen LogP contribution is 2.31. The Morgan fingerprint density at radius 3 is 3.05 bits per heavy atom. The third kappa shape index (κ3) is 2.34. The summed E-state index contributed by atoms with van der Waals surface area (Å²) < 4.78 is 5.11. The van der Waals surface area contributed by atoms with Gasteiger partial charge >= 0.3 is 0 Å². The van der Waals surface area contributed by atoms with Gasteiger partial charge in [0.15, 0.2) is 5.76 Å². The van der Waals surface area contributed by atoms with Crippen LogP contribution in [0.3, 0.4) is 0 Å². The van der Waals surface area contributed by atoms with Crippen molar-refractivity contribution in [2.24, 2.45) is 0 Å². The zero-order valence-electron chi connectivity index (χ0n) is 10.6. The Morgan fingerprint density at radius 1 is 1.37 bits per heavy atom. The predicted molar refractivity (Wildman–Crippen MR) is 72.7 cm³/mol. The SMILES string of the molecule is Nc1ccc2c(c1)CCCC2NC(=O)c1ccco1. The first-order valence-electron chi connectivity index (χ1n) is 6.47. The van der Waals surface area contributed by atoms with Crippen LogP contribution in [0.4, 0.5) is 5.69 Å². The summed E-state index contributed by atoms with van der Waals surface area (Å²) in [6.45, 7) is 0. The summed E-state index contributed by atoms with van der Waals surface area (Å²) in [5, 5.41) is 3.02. The molecule has 1 unspecified atom stereocenters. The molecule has 0 bridgehead atoms. The number of hydrogen-bond donors (Lipinski definition) is 2. The molecule has 3 rings (SSSR count). The molecule has 98 valence electrons. The molecule has 1 heterocycles. The number of nitrogen functional groups attached to an aromatic ring is 1. The van der Waals surface area contributed by atoms with E-state index in [1.165, 1.54) is 17.4 Å². The van der Waals surface area contributed by atoms with Crippen molar-refractivity contribution in [1.82, 2.24) is 5.32 Å². The molecule has 3 N–H and O–H groups in total. The Bertz CT molecular complexity index is 590. The summed E-state index contributed by atoms with van der Waals surface area (Å²) in [4.78, 5) is 12.0. The number of carbonyl (C=O) groups is 1. The number of rotatable bonds is 2. The van der Waals surface area contributed by atoms with Gasteiger partial charge in [-0.25, -0.2) is 0 Å². The van der Waals surface area contributed by atoms with Crippen LogP contribution in [-0.2, 0) is 6.42 Å². The fourth-order valence-electron chi connectivity index (χ4n) is 2.62. The number of amides is 1. The lowest BCUT2D eigenvalue weighted by molar-refractivity contribution is 0.0904. The Labute approximate surface area is 111 Å². The third-order valence-electron chi connectivity index (χ3n) is 3.53. The van der Waals surface area contributed by atoms with Crippen LogP contribution in [0.25, 0.3) is 0 Å². The van der Waals surface area contributed by atoms with Crippen LogP contribution in [0.1, 0.15) is 40.6 Å². The van der Waals surface area contributed by atoms with Crippen LogP contribution in [0.5, 0.6) is 0 Å². The average molecular weight is 256 g/mol. The van der Waals surface area contributed by atoms with Crippen molar-refractivity contribution in [1.29, 1.82) is 0 Å². The van der Waals surface area contributed by atoms with Crippen LogP contribution < -0.4 is 11.1 Å². The monoisotopic (exact) mass is 256 g/mol. The number of fused-ring (bicyclic) bond motifs is 1. The summed E-state index contributed by atoms with van der Waals surface area (Å²) in [5.74, 6) is 0.183. The molecule has 4 heteroatoms. The van der Waals surface area contributed by atoms with Crippen LogP contribution in [0, 0.1) is 0 Å². The molecule has 0 fully saturated rings. The molecular formula is C15H16N2O2. The lowest BCUT2D eigenvalue weighted by Gasteiger charge is -2.26. The van der Waals surface area contributed by atoms with E-state index in [0.717, 1.165) is 24.9 Å². The van der Waals surface area contributed by atoms with Crippen molar-refractivity contribution < 1.29 is 9.21 Å². The van der Waals surface area contributed by atoms with Gasteiger partial charge < -0.3 is 15.5 Å². The first-order chi connectivity index (χ1) is 9.24. The Balaban J connectivity index is 1.82. The highest BCUT2D eigenvalue weighted by Gasteiger charge is 2.23. The number of nitrogens with one attached hydrogen (secondary N) is 1. The van der Waals surface area contributed by atoms with E-state index in [0.29, 0.717) is 5.76 Å². The second-order valence-corrected chi connectivity index (χ2v) is 4.85. The minimum atomic E-state index is -0.167. The van der Waals surface area contributed by atoms with E-state index in [2.05, 4.69) is 5.32 Å². The largest absolute Gasteiger partial charge is 0.459 e. The molecule has 1 aromatic carbocycles. The molecule has 0 saturated heterocycles. The fourth-order valence-corrected chi connectivity index (χ4v) is 2.62. The number of carbonyl (C=O) groups excluding carboxylic acids is 1. The Morgan fingerprint density at radius 2 is 2.26 bits per heavy atom. The summed E-state index contributed by atoms with van der Waals surface area (Å²) in [6, 6.07) is 9.32. The van der Waals surface area contributed by atoms with Gasteiger partial charge in [0.1, 0.15) is 0 Å². The highest BCUT2D eigenvalue weighted by molar-refractivity contribution is 5.91. The molecule has 1 aliphatic carbocycles. The summed E-state index contributed by atoms with van der Waals surface area (Å²) in [5.41, 5.74) is 8.98. The molecule has 0 spiro atoms. The average Bonchev–Trinajstić information content (AvgIpc) is 2.92. The smallest absolute Gasteiger partial charge is 0.287 e. The first-order valence-corrected chi connectivity index (χ1v) is 6.47. The van der Waals surface area contributed by atoms with E-state index in [-0.39, 0.29) is 11.9 Å². The number of aryl methyl sites for hydroxylation is 1. The molecule has 0 radical (unpaired) electrons. The number of furan rings is 1. The molecule has 1 aliphatic rings. The summed E-state index contributed by atoms with van der Waals surface area (Å²) in [6.07, 6.45) is 4.53. The van der Waals surface area contributed by atoms with Gasteiger partial charge in [0.2, 0.25) is 0 Å². The van der Waals surface area contributed by atoms with Crippen LogP contribution in [0.2, 0.25) is 0 Å². The van der Waals surface area contributed by atoms with E-state index in [1.807, 2.05) is 18.2 Å². The lowest BCUT2D eigenvalue weighted by Crippen LogP contribution is -2.30. The van der Waals surface area contributed by atoms with Gasteiger partial charge in [0, 0.05) is 5.69 Å². The van der Waals surface area contributed by atoms with Crippen molar-refractivity contribution in [3.63, 3.8) is 0 Å². The van der Waals surface area contributed by atoms with Gasteiger partial charge in [0.05, 0.1) is 12.3 Å². The zero-order chi connectivity index (χ0) is 13.2. The third-order valence-corrected chi connectivity index (χ3v) is 3.53. The molecule has 0 aliphatic heterocycles. The van der Waals surface area contributed by atoms with E-state index < -0.39 is 0 Å². The van der Waals surface area contributed by atoms with Gasteiger partial charge in [-0.1, -0.05) is 6.07 Å². The molecule has 19 heavy (non-hydrogen) atoms. The van der Waals surface area contributed by atoms with Crippen molar-refractivity contribution in [3.05, 3.63) is 53.5 Å². The molecule has 2 aromatic rings. The minimum Gasteiger partial charge on any atom is -0.459 e. The molecule has 1 atom stereocenters. The van der Waals surface area contributed by atoms with Crippen LogP contribution >= 0.6 is 0 Å². The van der Waals surface area contributed by atoms with E-state index in [4.69, 9.17) is 10.2 Å². The maximum Gasteiger partial charge on any atom is 0.287 e. The van der Waals surface area contributed by atoms with Crippen LogP contribution in [0.15, 0.2) is 41.0 Å². The molecule has 0 saturated carbocycles. The van der Waals surface area contributed by atoms with Crippen LogP contribution in [-0.4, -0.2) is 5.91 Å². The van der Waals surface area contributed by atoms with Crippen molar-refractivity contribution in [2.45, 2.75) is 25.3 Å². The maximum absolute atomic E-state index is 12.0. The quantitative estimate of drug-likeness (QED) is 0.812. The van der Waals surface area contributed by atoms with Gasteiger partial charge in [-0.3, -0.25) is 4.79 Å². The number of benzene rings is 1. The topological polar surface area (TPSA) is 68.3 Å². The van der Waals surface area contributed by atoms with Crippen molar-refractivity contribution >= 4 is 11.6 Å². The summed E-state index contributed by atoms with van der Waals surface area (Å²) in [7, 11) is 0. The standard InChI is InChI=1S/C15H16N2O2/c16-11-6-7-12-10(9-11)3-1-4-13(12)17-15(18)14-5-2-8-19-14/h2,5-9,13H,1,3-4,16H2,(H,17,18). The molecule has 4 nitrogen and oxygen atoms in total. The van der Waals surface area contributed by atoms with Crippen molar-refractivity contribution in [3.8, 4) is 0 Å². The first kappa shape index (κ1) is 11.8. The number of nitrogens with two attached hydrogens (primary N) is 1. The second-order valence-electron chi connectivity index (χ2n) is 4.85. The molecule has 1 aromatic heterocycles. The molecule has 1 amide bonds. The van der Waals surface area contributed by atoms with E-state index in [9.17, 15) is 4.79 Å².